The Kier molecular flexibility index (Phi) is 4.06. The second-order valence-corrected chi connectivity index (χ2v) is 5.91. The summed E-state index contributed by atoms with van der Waals surface area (Å²) in [6, 6.07) is 24.9. The molecule has 0 fully saturated rings. The summed E-state index contributed by atoms with van der Waals surface area (Å²) in [7, 11) is 0. The largest absolute Gasteiger partial charge is 0.361 e. The standard InChI is InChI=1S/C23H16FN/c24-19-12-14-21-22(16-25-23(21)15-19)20(18-9-5-2-6-10-18)13-11-17-7-3-1-4-8-17/h1-10,12,14-16,20,25H. The lowest BCUT2D eigenvalue weighted by Crippen LogP contribution is -1.97. The van der Waals surface area contributed by atoms with E-state index in [-0.39, 0.29) is 11.7 Å². The van der Waals surface area contributed by atoms with E-state index in [9.17, 15) is 4.39 Å². The monoisotopic (exact) mass is 325 g/mol. The molecule has 25 heavy (non-hydrogen) atoms. The van der Waals surface area contributed by atoms with Crippen molar-refractivity contribution in [2.24, 2.45) is 0 Å². The van der Waals surface area contributed by atoms with Gasteiger partial charge in [0.05, 0.1) is 5.92 Å². The predicted octanol–water partition coefficient (Wildman–Crippen LogP) is 5.49. The lowest BCUT2D eigenvalue weighted by Gasteiger charge is -2.10. The third-order valence-electron chi connectivity index (χ3n) is 4.25. The molecule has 0 bridgehead atoms. The van der Waals surface area contributed by atoms with Gasteiger partial charge in [0.15, 0.2) is 0 Å². The van der Waals surface area contributed by atoms with Crippen LogP contribution >= 0.6 is 0 Å². The molecule has 0 spiro atoms. The zero-order valence-corrected chi connectivity index (χ0v) is 13.5. The highest BCUT2D eigenvalue weighted by Gasteiger charge is 2.16. The van der Waals surface area contributed by atoms with E-state index in [1.807, 2.05) is 60.8 Å². The SMILES string of the molecule is Fc1ccc2c(C(C#Cc3ccccc3)c3ccccc3)c[nH]c2c1. The molecule has 0 radical (unpaired) electrons. The number of fused-ring (bicyclic) bond motifs is 1. The van der Waals surface area contributed by atoms with E-state index in [2.05, 4.69) is 29.0 Å². The van der Waals surface area contributed by atoms with Gasteiger partial charge in [-0.3, -0.25) is 0 Å². The smallest absolute Gasteiger partial charge is 0.125 e. The van der Waals surface area contributed by atoms with Gasteiger partial charge in [0.25, 0.3) is 0 Å². The van der Waals surface area contributed by atoms with Gasteiger partial charge >= 0.3 is 0 Å². The van der Waals surface area contributed by atoms with Gasteiger partial charge in [-0.1, -0.05) is 60.4 Å². The molecule has 4 rings (SSSR count). The Labute approximate surface area is 146 Å². The molecule has 1 aromatic heterocycles. The molecule has 0 aliphatic carbocycles. The second kappa shape index (κ2) is 6.67. The van der Waals surface area contributed by atoms with Crippen LogP contribution in [0.4, 0.5) is 4.39 Å². The molecule has 1 heterocycles. The summed E-state index contributed by atoms with van der Waals surface area (Å²) in [5.74, 6) is 6.34. The van der Waals surface area contributed by atoms with Gasteiger partial charge in [-0.25, -0.2) is 4.39 Å². The maximum Gasteiger partial charge on any atom is 0.125 e. The van der Waals surface area contributed by atoms with E-state index in [4.69, 9.17) is 0 Å². The average Bonchev–Trinajstić information content (AvgIpc) is 3.06. The van der Waals surface area contributed by atoms with Crippen molar-refractivity contribution in [1.82, 2.24) is 4.98 Å². The normalized spacial score (nSPS) is 11.7. The lowest BCUT2D eigenvalue weighted by molar-refractivity contribution is 0.629. The minimum absolute atomic E-state index is 0.0828. The maximum atomic E-state index is 13.5. The number of benzene rings is 3. The molecule has 0 amide bonds. The minimum atomic E-state index is -0.243. The van der Waals surface area contributed by atoms with Crippen LogP contribution in [-0.2, 0) is 0 Å². The van der Waals surface area contributed by atoms with Gasteiger partial charge < -0.3 is 4.98 Å². The van der Waals surface area contributed by atoms with Crippen LogP contribution in [0.5, 0.6) is 0 Å². The molecule has 4 aromatic rings. The number of hydrogen-bond donors (Lipinski definition) is 1. The zero-order valence-electron chi connectivity index (χ0n) is 13.5. The first-order valence-electron chi connectivity index (χ1n) is 8.19. The third kappa shape index (κ3) is 3.18. The van der Waals surface area contributed by atoms with Crippen LogP contribution in [0.15, 0.2) is 85.1 Å². The number of halogens is 1. The Balaban J connectivity index is 1.84. The fraction of sp³-hybridized carbons (Fsp3) is 0.0435. The molecule has 0 saturated heterocycles. The third-order valence-corrected chi connectivity index (χ3v) is 4.25. The number of H-pyrrole nitrogens is 1. The number of rotatable bonds is 2. The van der Waals surface area contributed by atoms with Crippen LogP contribution in [0.25, 0.3) is 10.9 Å². The number of aromatic amines is 1. The highest BCUT2D eigenvalue weighted by atomic mass is 19.1. The summed E-state index contributed by atoms with van der Waals surface area (Å²) < 4.78 is 13.5. The summed E-state index contributed by atoms with van der Waals surface area (Å²) in [4.78, 5) is 3.17. The molecule has 2 heteroatoms. The van der Waals surface area contributed by atoms with Crippen LogP contribution in [-0.4, -0.2) is 4.98 Å². The van der Waals surface area contributed by atoms with Crippen LogP contribution in [0.2, 0.25) is 0 Å². The van der Waals surface area contributed by atoms with E-state index in [1.54, 1.807) is 0 Å². The van der Waals surface area contributed by atoms with Gasteiger partial charge in [0.2, 0.25) is 0 Å². The minimum Gasteiger partial charge on any atom is -0.361 e. The van der Waals surface area contributed by atoms with Gasteiger partial charge in [0.1, 0.15) is 5.82 Å². The first-order valence-corrected chi connectivity index (χ1v) is 8.19. The first-order chi connectivity index (χ1) is 12.3. The Morgan fingerprint density at radius 3 is 2.32 bits per heavy atom. The number of hydrogen-bond acceptors (Lipinski definition) is 0. The van der Waals surface area contributed by atoms with Crippen molar-refractivity contribution in [2.75, 3.05) is 0 Å². The molecule has 1 unspecified atom stereocenters. The quantitative estimate of drug-likeness (QED) is 0.469. The van der Waals surface area contributed by atoms with Crippen LogP contribution in [0.3, 0.4) is 0 Å². The lowest BCUT2D eigenvalue weighted by atomic mass is 9.91. The molecular formula is C23H16FN. The molecule has 1 nitrogen and oxygen atoms in total. The summed E-state index contributed by atoms with van der Waals surface area (Å²) in [6.45, 7) is 0. The molecule has 0 saturated carbocycles. The van der Waals surface area contributed by atoms with E-state index >= 15 is 0 Å². The van der Waals surface area contributed by atoms with Crippen molar-refractivity contribution in [1.29, 1.82) is 0 Å². The summed E-state index contributed by atoms with van der Waals surface area (Å²) in [6.07, 6.45) is 1.93. The molecule has 120 valence electrons. The average molecular weight is 325 g/mol. The molecule has 3 aromatic carbocycles. The van der Waals surface area contributed by atoms with Crippen molar-refractivity contribution < 1.29 is 4.39 Å². The summed E-state index contributed by atoms with van der Waals surface area (Å²) >= 11 is 0. The molecular weight excluding hydrogens is 309 g/mol. The Morgan fingerprint density at radius 1 is 0.840 bits per heavy atom. The van der Waals surface area contributed by atoms with E-state index in [0.29, 0.717) is 0 Å². The van der Waals surface area contributed by atoms with Gasteiger partial charge in [-0.2, -0.15) is 0 Å². The van der Waals surface area contributed by atoms with E-state index in [1.165, 1.54) is 12.1 Å². The summed E-state index contributed by atoms with van der Waals surface area (Å²) in [5.41, 5.74) is 3.95. The Hall–Kier alpha value is -3.31. The van der Waals surface area contributed by atoms with Crippen molar-refractivity contribution in [3.05, 3.63) is 108 Å². The topological polar surface area (TPSA) is 15.8 Å². The summed E-state index contributed by atoms with van der Waals surface area (Å²) in [5, 5.41) is 0.998. The van der Waals surface area contributed by atoms with E-state index in [0.717, 1.165) is 27.6 Å². The van der Waals surface area contributed by atoms with Crippen molar-refractivity contribution in [3.8, 4) is 11.8 Å². The first kappa shape index (κ1) is 15.2. The van der Waals surface area contributed by atoms with Crippen molar-refractivity contribution in [3.63, 3.8) is 0 Å². The van der Waals surface area contributed by atoms with Crippen LogP contribution in [0.1, 0.15) is 22.6 Å². The van der Waals surface area contributed by atoms with Gasteiger partial charge in [-0.15, -0.1) is 0 Å². The zero-order chi connectivity index (χ0) is 17.1. The fourth-order valence-electron chi connectivity index (χ4n) is 3.02. The number of aromatic nitrogens is 1. The molecule has 0 aliphatic rings. The van der Waals surface area contributed by atoms with Crippen LogP contribution in [0, 0.1) is 17.7 Å². The Morgan fingerprint density at radius 2 is 1.56 bits per heavy atom. The van der Waals surface area contributed by atoms with Crippen molar-refractivity contribution in [2.45, 2.75) is 5.92 Å². The molecule has 1 atom stereocenters. The Bertz CT molecular complexity index is 1050. The highest BCUT2D eigenvalue weighted by molar-refractivity contribution is 5.85. The predicted molar refractivity (Wildman–Crippen MR) is 99.9 cm³/mol. The van der Waals surface area contributed by atoms with Crippen LogP contribution < -0.4 is 0 Å². The van der Waals surface area contributed by atoms with Gasteiger partial charge in [-0.05, 0) is 41.5 Å². The molecule has 1 N–H and O–H groups in total. The van der Waals surface area contributed by atoms with Gasteiger partial charge in [0, 0.05) is 22.7 Å². The highest BCUT2D eigenvalue weighted by Crippen LogP contribution is 2.30. The molecule has 0 aliphatic heterocycles. The van der Waals surface area contributed by atoms with Crippen molar-refractivity contribution >= 4 is 10.9 Å². The fourth-order valence-corrected chi connectivity index (χ4v) is 3.02. The number of nitrogens with one attached hydrogen (secondary N) is 1. The second-order valence-electron chi connectivity index (χ2n) is 5.91. The maximum absolute atomic E-state index is 13.5. The van der Waals surface area contributed by atoms with E-state index < -0.39 is 0 Å².